The molecule has 0 amide bonds. The summed E-state index contributed by atoms with van der Waals surface area (Å²) in [6.45, 7) is 1.79. The van der Waals surface area contributed by atoms with E-state index in [0.717, 1.165) is 18.8 Å². The normalized spacial score (nSPS) is 15.4. The highest BCUT2D eigenvalue weighted by Gasteiger charge is 2.21. The summed E-state index contributed by atoms with van der Waals surface area (Å²) < 4.78 is 3.55. The molecule has 7 nitrogen and oxygen atoms in total. The summed E-state index contributed by atoms with van der Waals surface area (Å²) in [6, 6.07) is 2.26. The van der Waals surface area contributed by atoms with E-state index in [1.165, 1.54) is 0 Å². The van der Waals surface area contributed by atoms with E-state index in [4.69, 9.17) is 0 Å². The number of carbonyl (C=O) groups is 1. The molecule has 0 spiro atoms. The molecule has 0 radical (unpaired) electrons. The van der Waals surface area contributed by atoms with Crippen LogP contribution in [0.1, 0.15) is 28.6 Å². The molecule has 100 valence electrons. The standard InChI is InChI=1S/C12H16N6O/c1-17-9(4-5-14-17)2-3-12(19)11-8-18(16-15-11)10-6-13-7-10/h4-5,8,10,13H,2-3,6-7H2,1H3. The molecule has 3 heterocycles. The quantitative estimate of drug-likeness (QED) is 0.764. The molecular formula is C12H16N6O. The lowest BCUT2D eigenvalue weighted by molar-refractivity contribution is 0.0977. The third kappa shape index (κ3) is 2.41. The highest BCUT2D eigenvalue weighted by atomic mass is 16.1. The van der Waals surface area contributed by atoms with Crippen LogP contribution in [0.5, 0.6) is 0 Å². The molecular weight excluding hydrogens is 244 g/mol. The first kappa shape index (κ1) is 12.0. The first-order valence-electron chi connectivity index (χ1n) is 6.36. The number of nitrogens with zero attached hydrogens (tertiary/aromatic N) is 5. The first-order valence-corrected chi connectivity index (χ1v) is 6.36. The van der Waals surface area contributed by atoms with Crippen LogP contribution in [0.2, 0.25) is 0 Å². The summed E-state index contributed by atoms with van der Waals surface area (Å²) in [5, 5.41) is 15.2. The predicted molar refractivity (Wildman–Crippen MR) is 67.8 cm³/mol. The van der Waals surface area contributed by atoms with Gasteiger partial charge in [0.15, 0.2) is 5.78 Å². The molecule has 1 N–H and O–H groups in total. The Morgan fingerprint density at radius 1 is 1.53 bits per heavy atom. The Morgan fingerprint density at radius 2 is 2.37 bits per heavy atom. The molecule has 0 unspecified atom stereocenters. The number of Topliss-reactive ketones (excluding diaryl/α,β-unsaturated/α-hetero) is 1. The van der Waals surface area contributed by atoms with Crippen LogP contribution in [0.25, 0.3) is 0 Å². The Balaban J connectivity index is 1.60. The molecule has 0 aromatic carbocycles. The summed E-state index contributed by atoms with van der Waals surface area (Å²) in [5.41, 5.74) is 1.50. The van der Waals surface area contributed by atoms with Gasteiger partial charge in [0.2, 0.25) is 0 Å². The molecule has 3 rings (SSSR count). The number of carbonyl (C=O) groups excluding carboxylic acids is 1. The average Bonchev–Trinajstić information content (AvgIpc) is 2.94. The van der Waals surface area contributed by atoms with Gasteiger partial charge in [0.1, 0.15) is 5.69 Å². The van der Waals surface area contributed by atoms with Crippen molar-refractivity contribution in [2.75, 3.05) is 13.1 Å². The molecule has 0 saturated carbocycles. The fourth-order valence-corrected chi connectivity index (χ4v) is 2.06. The summed E-state index contributed by atoms with van der Waals surface area (Å²) in [6.07, 6.45) is 4.59. The van der Waals surface area contributed by atoms with Gasteiger partial charge >= 0.3 is 0 Å². The number of nitrogens with one attached hydrogen (secondary N) is 1. The summed E-state index contributed by atoms with van der Waals surface area (Å²) in [4.78, 5) is 12.0. The molecule has 1 fully saturated rings. The predicted octanol–water partition coefficient (Wildman–Crippen LogP) is -0.0286. The average molecular weight is 260 g/mol. The van der Waals surface area contributed by atoms with Crippen LogP contribution in [0, 0.1) is 0 Å². The van der Waals surface area contributed by atoms with Gasteiger partial charge in [-0.15, -0.1) is 5.10 Å². The zero-order valence-corrected chi connectivity index (χ0v) is 10.8. The Labute approximate surface area is 110 Å². The number of aromatic nitrogens is 5. The first-order chi connectivity index (χ1) is 9.24. The van der Waals surface area contributed by atoms with E-state index in [2.05, 4.69) is 20.7 Å². The summed E-state index contributed by atoms with van der Waals surface area (Å²) in [5.74, 6) is 0.0275. The SMILES string of the molecule is Cn1nccc1CCC(=O)c1cn(C2CNC2)nn1. The lowest BCUT2D eigenvalue weighted by Gasteiger charge is -2.26. The van der Waals surface area contributed by atoms with Crippen LogP contribution >= 0.6 is 0 Å². The van der Waals surface area contributed by atoms with Crippen molar-refractivity contribution in [2.45, 2.75) is 18.9 Å². The number of rotatable bonds is 5. The lowest BCUT2D eigenvalue weighted by Crippen LogP contribution is -2.43. The van der Waals surface area contributed by atoms with Gasteiger partial charge in [-0.1, -0.05) is 5.21 Å². The van der Waals surface area contributed by atoms with Crippen molar-refractivity contribution in [2.24, 2.45) is 7.05 Å². The van der Waals surface area contributed by atoms with Gasteiger partial charge in [-0.05, 0) is 12.5 Å². The van der Waals surface area contributed by atoms with Gasteiger partial charge in [-0.2, -0.15) is 5.10 Å². The highest BCUT2D eigenvalue weighted by molar-refractivity contribution is 5.93. The monoisotopic (exact) mass is 260 g/mol. The second-order valence-electron chi connectivity index (χ2n) is 4.77. The number of hydrogen-bond donors (Lipinski definition) is 1. The largest absolute Gasteiger partial charge is 0.312 e. The maximum Gasteiger partial charge on any atom is 0.185 e. The van der Waals surface area contributed by atoms with Crippen molar-refractivity contribution >= 4 is 5.78 Å². The Bertz CT molecular complexity index is 583. The van der Waals surface area contributed by atoms with Crippen molar-refractivity contribution in [1.82, 2.24) is 30.1 Å². The van der Waals surface area contributed by atoms with Gasteiger partial charge in [0.25, 0.3) is 0 Å². The van der Waals surface area contributed by atoms with Gasteiger partial charge in [-0.25, -0.2) is 4.68 Å². The Kier molecular flexibility index (Phi) is 3.12. The van der Waals surface area contributed by atoms with Crippen LogP contribution in [0.4, 0.5) is 0 Å². The second kappa shape index (κ2) is 4.93. The Hall–Kier alpha value is -2.02. The highest BCUT2D eigenvalue weighted by Crippen LogP contribution is 2.11. The van der Waals surface area contributed by atoms with Crippen LogP contribution < -0.4 is 5.32 Å². The smallest absolute Gasteiger partial charge is 0.185 e. The van der Waals surface area contributed by atoms with E-state index in [1.54, 1.807) is 21.8 Å². The van der Waals surface area contributed by atoms with Gasteiger partial charge < -0.3 is 5.32 Å². The van der Waals surface area contributed by atoms with Crippen LogP contribution in [-0.4, -0.2) is 43.6 Å². The minimum Gasteiger partial charge on any atom is -0.312 e. The van der Waals surface area contributed by atoms with Crippen molar-refractivity contribution in [1.29, 1.82) is 0 Å². The van der Waals surface area contributed by atoms with Crippen LogP contribution in [0.3, 0.4) is 0 Å². The zero-order chi connectivity index (χ0) is 13.2. The molecule has 0 bridgehead atoms. The molecule has 19 heavy (non-hydrogen) atoms. The van der Waals surface area contributed by atoms with E-state index >= 15 is 0 Å². The number of aryl methyl sites for hydroxylation is 2. The third-order valence-electron chi connectivity index (χ3n) is 3.46. The number of ketones is 1. The van der Waals surface area contributed by atoms with E-state index in [-0.39, 0.29) is 5.78 Å². The van der Waals surface area contributed by atoms with Crippen molar-refractivity contribution < 1.29 is 4.79 Å². The molecule has 1 saturated heterocycles. The van der Waals surface area contributed by atoms with Crippen molar-refractivity contribution in [3.05, 3.63) is 29.8 Å². The maximum atomic E-state index is 12.0. The fraction of sp³-hybridized carbons (Fsp3) is 0.500. The summed E-state index contributed by atoms with van der Waals surface area (Å²) >= 11 is 0. The van der Waals surface area contributed by atoms with Crippen molar-refractivity contribution in [3.63, 3.8) is 0 Å². The van der Waals surface area contributed by atoms with Crippen molar-refractivity contribution in [3.8, 4) is 0 Å². The van der Waals surface area contributed by atoms with E-state index in [9.17, 15) is 4.79 Å². The molecule has 0 aliphatic carbocycles. The third-order valence-corrected chi connectivity index (χ3v) is 3.46. The minimum atomic E-state index is 0.0275. The topological polar surface area (TPSA) is 77.6 Å². The molecule has 0 atom stereocenters. The van der Waals surface area contributed by atoms with E-state index in [1.807, 2.05) is 13.1 Å². The maximum absolute atomic E-state index is 12.0. The number of hydrogen-bond acceptors (Lipinski definition) is 5. The van der Waals surface area contributed by atoms with E-state index in [0.29, 0.717) is 24.6 Å². The molecule has 1 aliphatic heterocycles. The van der Waals surface area contributed by atoms with Crippen LogP contribution in [-0.2, 0) is 13.5 Å². The minimum absolute atomic E-state index is 0.0275. The molecule has 2 aromatic rings. The molecule has 1 aliphatic rings. The zero-order valence-electron chi connectivity index (χ0n) is 10.8. The molecule has 7 heteroatoms. The summed E-state index contributed by atoms with van der Waals surface area (Å²) in [7, 11) is 1.87. The van der Waals surface area contributed by atoms with Gasteiger partial charge in [-0.3, -0.25) is 9.48 Å². The lowest BCUT2D eigenvalue weighted by atomic mass is 10.1. The van der Waals surface area contributed by atoms with Gasteiger partial charge in [0, 0.05) is 38.4 Å². The molecule has 2 aromatic heterocycles. The Morgan fingerprint density at radius 3 is 3.00 bits per heavy atom. The van der Waals surface area contributed by atoms with E-state index < -0.39 is 0 Å². The second-order valence-corrected chi connectivity index (χ2v) is 4.77. The van der Waals surface area contributed by atoms with Crippen LogP contribution in [0.15, 0.2) is 18.5 Å². The van der Waals surface area contributed by atoms with Gasteiger partial charge in [0.05, 0.1) is 12.2 Å². The fourth-order valence-electron chi connectivity index (χ4n) is 2.06.